The molecule has 5 rings (SSSR count). The van der Waals surface area contributed by atoms with Gasteiger partial charge in [0.1, 0.15) is 19.3 Å². The fourth-order valence-corrected chi connectivity index (χ4v) is 5.42. The van der Waals surface area contributed by atoms with Gasteiger partial charge < -0.3 is 24.8 Å². The molecule has 3 heterocycles. The number of thiazole rings is 1. The molecule has 0 saturated carbocycles. The normalized spacial score (nSPS) is 17.9. The van der Waals surface area contributed by atoms with Gasteiger partial charge in [-0.3, -0.25) is 4.79 Å². The van der Waals surface area contributed by atoms with E-state index in [1.165, 1.54) is 6.07 Å². The minimum absolute atomic E-state index is 0.229. The van der Waals surface area contributed by atoms with Crippen LogP contribution in [0.3, 0.4) is 0 Å². The van der Waals surface area contributed by atoms with E-state index in [4.69, 9.17) is 21.1 Å². The number of nitrogens with one attached hydrogen (secondary N) is 1. The molecule has 1 fully saturated rings. The Kier molecular flexibility index (Phi) is 6.80. The van der Waals surface area contributed by atoms with Crippen molar-refractivity contribution < 1.29 is 28.2 Å². The maximum atomic E-state index is 15.2. The van der Waals surface area contributed by atoms with Crippen LogP contribution >= 0.6 is 22.9 Å². The van der Waals surface area contributed by atoms with Gasteiger partial charge in [-0.15, -0.1) is 11.3 Å². The van der Waals surface area contributed by atoms with Gasteiger partial charge in [0.15, 0.2) is 16.5 Å². The molecule has 2 atom stereocenters. The molecule has 2 aromatic carbocycles. The molecule has 0 spiro atoms. The Balaban J connectivity index is 1.39. The Morgan fingerprint density at radius 2 is 1.91 bits per heavy atom. The van der Waals surface area contributed by atoms with Crippen LogP contribution in [0.5, 0.6) is 11.5 Å². The summed E-state index contributed by atoms with van der Waals surface area (Å²) >= 11 is 6.68. The smallest absolute Gasteiger partial charge is 0.375 e. The van der Waals surface area contributed by atoms with Gasteiger partial charge in [-0.25, -0.2) is 4.98 Å². The molecule has 11 heteroatoms. The van der Waals surface area contributed by atoms with Gasteiger partial charge >= 0.3 is 5.92 Å². The van der Waals surface area contributed by atoms with Gasteiger partial charge in [0.05, 0.1) is 16.3 Å². The number of fused-ring (bicyclic) bond motifs is 2. The molecule has 1 aromatic heterocycles. The molecule has 0 radical (unpaired) electrons. The van der Waals surface area contributed by atoms with Crippen LogP contribution in [0.2, 0.25) is 5.02 Å². The van der Waals surface area contributed by atoms with Crippen LogP contribution in [-0.2, 0) is 10.7 Å². The average molecular weight is 524 g/mol. The first-order chi connectivity index (χ1) is 16.8. The number of nitrogens with zero attached hydrogens (tertiary/aromatic N) is 2. The first-order valence-corrected chi connectivity index (χ1v) is 12.6. The van der Waals surface area contributed by atoms with E-state index in [2.05, 4.69) is 10.3 Å². The predicted molar refractivity (Wildman–Crippen MR) is 129 cm³/mol. The third kappa shape index (κ3) is 5.06. The Labute approximate surface area is 209 Å². The first kappa shape index (κ1) is 24.2. The summed E-state index contributed by atoms with van der Waals surface area (Å²) < 4.78 is 42.1. The number of alkyl halides is 2. The molecule has 1 amide bonds. The number of hydrogen-bond acceptors (Lipinski definition) is 7. The second-order valence-electron chi connectivity index (χ2n) is 8.64. The Morgan fingerprint density at radius 3 is 2.69 bits per heavy atom. The highest BCUT2D eigenvalue weighted by atomic mass is 35.5. The highest BCUT2D eigenvalue weighted by Gasteiger charge is 2.46. The number of rotatable bonds is 7. The fourth-order valence-electron chi connectivity index (χ4n) is 4.34. The van der Waals surface area contributed by atoms with Gasteiger partial charge in [-0.05, 0) is 61.8 Å². The summed E-state index contributed by atoms with van der Waals surface area (Å²) in [5.41, 5.74) is 0.742. The van der Waals surface area contributed by atoms with Crippen LogP contribution in [0, 0.1) is 0 Å². The Bertz CT molecular complexity index is 1230. The van der Waals surface area contributed by atoms with Crippen molar-refractivity contribution in [2.24, 2.45) is 0 Å². The topological polar surface area (TPSA) is 83.9 Å². The second kappa shape index (κ2) is 9.85. The van der Waals surface area contributed by atoms with Crippen molar-refractivity contribution >= 4 is 39.1 Å². The third-order valence-electron chi connectivity index (χ3n) is 6.16. The van der Waals surface area contributed by atoms with Gasteiger partial charge in [0.2, 0.25) is 0 Å². The zero-order valence-corrected chi connectivity index (χ0v) is 20.2. The second-order valence-corrected chi connectivity index (χ2v) is 10.1. The molecule has 1 saturated heterocycles. The number of amides is 1. The summed E-state index contributed by atoms with van der Waals surface area (Å²) in [5.74, 6) is -4.37. The summed E-state index contributed by atoms with van der Waals surface area (Å²) in [6, 6.07) is 8.62. The molecule has 0 aliphatic carbocycles. The van der Waals surface area contributed by atoms with Gasteiger partial charge in [0, 0.05) is 11.6 Å². The molecule has 7 nitrogen and oxygen atoms in total. The molecule has 2 aliphatic rings. The zero-order valence-electron chi connectivity index (χ0n) is 18.7. The van der Waals surface area contributed by atoms with E-state index in [0.29, 0.717) is 45.5 Å². The molecule has 2 N–H and O–H groups in total. The monoisotopic (exact) mass is 523 g/mol. The van der Waals surface area contributed by atoms with Crippen molar-refractivity contribution in [3.63, 3.8) is 0 Å². The molecule has 0 bridgehead atoms. The number of halogens is 3. The fraction of sp³-hybridized carbons (Fsp3) is 0.417. The van der Waals surface area contributed by atoms with E-state index in [0.717, 1.165) is 37.3 Å². The van der Waals surface area contributed by atoms with Crippen molar-refractivity contribution in [3.05, 3.63) is 52.0 Å². The van der Waals surface area contributed by atoms with E-state index in [1.54, 1.807) is 30.3 Å². The van der Waals surface area contributed by atoms with E-state index >= 15 is 8.78 Å². The molecule has 35 heavy (non-hydrogen) atoms. The average Bonchev–Trinajstić information content (AvgIpc) is 3.52. The van der Waals surface area contributed by atoms with Crippen LogP contribution in [0.4, 0.5) is 8.78 Å². The molecular formula is C24H24ClF2N3O4S. The molecular weight excluding hydrogens is 500 g/mol. The molecule has 186 valence electrons. The Hall–Kier alpha value is -2.53. The van der Waals surface area contributed by atoms with Crippen LogP contribution in [-0.4, -0.2) is 59.8 Å². The van der Waals surface area contributed by atoms with E-state index < -0.39 is 29.0 Å². The minimum Gasteiger partial charge on any atom is -0.486 e. The van der Waals surface area contributed by atoms with E-state index in [1.807, 2.05) is 4.90 Å². The standard InChI is InChI=1S/C24H24ClF2N3O4S/c25-15-4-6-20-16(12-15)29-23(35-20)24(26,27)22(32)28-17(13-30-7-1-2-8-30)21(31)14-3-5-18-19(11-14)34-10-9-33-18/h3-6,11-12,17,21,31H,1-2,7-10,13H2,(H,28,32). The number of aliphatic hydroxyl groups is 1. The van der Waals surface area contributed by atoms with Gasteiger partial charge in [-0.2, -0.15) is 8.78 Å². The third-order valence-corrected chi connectivity index (χ3v) is 7.50. The van der Waals surface area contributed by atoms with E-state index in [-0.39, 0.29) is 6.54 Å². The first-order valence-electron chi connectivity index (χ1n) is 11.4. The molecule has 2 unspecified atom stereocenters. The van der Waals surface area contributed by atoms with Gasteiger partial charge in [0.25, 0.3) is 5.91 Å². The quantitative estimate of drug-likeness (QED) is 0.484. The lowest BCUT2D eigenvalue weighted by atomic mass is 10.0. The number of hydrogen-bond donors (Lipinski definition) is 2. The van der Waals surface area contributed by atoms with Crippen molar-refractivity contribution in [3.8, 4) is 11.5 Å². The van der Waals surface area contributed by atoms with Crippen molar-refractivity contribution in [1.82, 2.24) is 15.2 Å². The lowest BCUT2D eigenvalue weighted by Gasteiger charge is -2.30. The number of aromatic nitrogens is 1. The lowest BCUT2D eigenvalue weighted by molar-refractivity contribution is -0.149. The summed E-state index contributed by atoms with van der Waals surface area (Å²) in [6.07, 6.45) is 0.719. The predicted octanol–water partition coefficient (Wildman–Crippen LogP) is 4.13. The van der Waals surface area contributed by atoms with Crippen LogP contribution < -0.4 is 14.8 Å². The molecule has 3 aromatic rings. The minimum atomic E-state index is -3.88. The van der Waals surface area contributed by atoms with Crippen LogP contribution in [0.25, 0.3) is 10.2 Å². The highest BCUT2D eigenvalue weighted by molar-refractivity contribution is 7.18. The number of aliphatic hydroxyl groups excluding tert-OH is 1. The number of carbonyl (C=O) groups is 1. The van der Waals surface area contributed by atoms with E-state index in [9.17, 15) is 9.90 Å². The van der Waals surface area contributed by atoms with Gasteiger partial charge in [-0.1, -0.05) is 17.7 Å². The highest BCUT2D eigenvalue weighted by Crippen LogP contribution is 2.37. The SMILES string of the molecule is O=C(NC(CN1CCCC1)C(O)c1ccc2c(c1)OCCO2)C(F)(F)c1nc2cc(Cl)ccc2s1. The van der Waals surface area contributed by atoms with Crippen LogP contribution in [0.1, 0.15) is 29.5 Å². The summed E-state index contributed by atoms with van der Waals surface area (Å²) in [4.78, 5) is 18.9. The maximum Gasteiger partial charge on any atom is 0.375 e. The summed E-state index contributed by atoms with van der Waals surface area (Å²) in [7, 11) is 0. The Morgan fingerprint density at radius 1 is 1.17 bits per heavy atom. The zero-order chi connectivity index (χ0) is 24.6. The maximum absolute atomic E-state index is 15.2. The number of benzene rings is 2. The van der Waals surface area contributed by atoms with Crippen molar-refractivity contribution in [1.29, 1.82) is 0 Å². The summed E-state index contributed by atoms with van der Waals surface area (Å²) in [6.45, 7) is 2.58. The van der Waals surface area contributed by atoms with Crippen LogP contribution in [0.15, 0.2) is 36.4 Å². The summed E-state index contributed by atoms with van der Waals surface area (Å²) in [5, 5.41) is 13.3. The molecule has 2 aliphatic heterocycles. The van der Waals surface area contributed by atoms with Crippen molar-refractivity contribution in [2.75, 3.05) is 32.8 Å². The number of likely N-dealkylation sites (tertiary alicyclic amines) is 1. The largest absolute Gasteiger partial charge is 0.486 e. The number of carbonyl (C=O) groups excluding carboxylic acids is 1. The number of ether oxygens (including phenoxy) is 2. The lowest BCUT2D eigenvalue weighted by Crippen LogP contribution is -2.50. The van der Waals surface area contributed by atoms with Crippen molar-refractivity contribution in [2.45, 2.75) is 30.9 Å².